The van der Waals surface area contributed by atoms with Gasteiger partial charge < -0.3 is 5.11 Å². The zero-order valence-corrected chi connectivity index (χ0v) is 11.7. The Hall–Kier alpha value is -1.33. The molecule has 2 rings (SSSR count). The molecular formula is C17H23NO. The molecule has 0 heterocycles. The van der Waals surface area contributed by atoms with Crippen LogP contribution in [-0.4, -0.2) is 5.11 Å². The molecule has 0 aromatic heterocycles. The molecule has 0 saturated heterocycles. The molecule has 0 amide bonds. The van der Waals surface area contributed by atoms with Crippen LogP contribution in [0.2, 0.25) is 0 Å². The van der Waals surface area contributed by atoms with Crippen molar-refractivity contribution in [2.75, 3.05) is 0 Å². The van der Waals surface area contributed by atoms with Gasteiger partial charge in [-0.3, -0.25) is 0 Å². The maximum atomic E-state index is 10.8. The highest BCUT2D eigenvalue weighted by atomic mass is 16.3. The molecule has 1 N–H and O–H groups in total. The zero-order valence-electron chi connectivity index (χ0n) is 11.7. The van der Waals surface area contributed by atoms with Crippen LogP contribution in [0, 0.1) is 23.7 Å². The second-order valence-electron chi connectivity index (χ2n) is 5.79. The number of aliphatic hydroxyl groups excluding tert-OH is 1. The Labute approximate surface area is 116 Å². The summed E-state index contributed by atoms with van der Waals surface area (Å²) < 4.78 is 0. The van der Waals surface area contributed by atoms with Gasteiger partial charge in [0.15, 0.2) is 0 Å². The van der Waals surface area contributed by atoms with E-state index in [0.29, 0.717) is 0 Å². The molecule has 1 aromatic rings. The molecule has 1 saturated carbocycles. The molecule has 1 aliphatic carbocycles. The van der Waals surface area contributed by atoms with Crippen LogP contribution >= 0.6 is 0 Å². The van der Waals surface area contributed by atoms with Gasteiger partial charge >= 0.3 is 0 Å². The largest absolute Gasteiger partial charge is 0.387 e. The van der Waals surface area contributed by atoms with E-state index in [9.17, 15) is 10.4 Å². The Bertz CT molecular complexity index is 453. The van der Waals surface area contributed by atoms with Crippen molar-refractivity contribution in [2.24, 2.45) is 5.41 Å². The van der Waals surface area contributed by atoms with E-state index in [4.69, 9.17) is 0 Å². The van der Waals surface area contributed by atoms with Gasteiger partial charge in [0.1, 0.15) is 0 Å². The van der Waals surface area contributed by atoms with Crippen LogP contribution in [0.5, 0.6) is 0 Å². The first-order valence-electron chi connectivity index (χ1n) is 7.34. The predicted octanol–water partition coefficient (Wildman–Crippen LogP) is 4.28. The van der Waals surface area contributed by atoms with Crippen LogP contribution in [0.3, 0.4) is 0 Å². The van der Waals surface area contributed by atoms with Crippen molar-refractivity contribution in [1.82, 2.24) is 0 Å². The number of aliphatic hydroxyl groups is 1. The van der Waals surface area contributed by atoms with Gasteiger partial charge in [-0.2, -0.15) is 5.26 Å². The predicted molar refractivity (Wildman–Crippen MR) is 76.5 cm³/mol. The molecule has 0 aliphatic heterocycles. The van der Waals surface area contributed by atoms with Crippen molar-refractivity contribution < 1.29 is 5.11 Å². The van der Waals surface area contributed by atoms with Crippen molar-refractivity contribution in [3.63, 3.8) is 0 Å². The first-order chi connectivity index (χ1) is 9.19. The number of benzene rings is 1. The summed E-state index contributed by atoms with van der Waals surface area (Å²) in [5.41, 5.74) is 1.41. The van der Waals surface area contributed by atoms with Crippen molar-refractivity contribution in [1.29, 1.82) is 5.26 Å². The molecule has 1 fully saturated rings. The number of nitriles is 1. The van der Waals surface area contributed by atoms with Gasteiger partial charge in [-0.05, 0) is 30.9 Å². The lowest BCUT2D eigenvalue weighted by molar-refractivity contribution is 0.0430. The second-order valence-corrected chi connectivity index (χ2v) is 5.79. The minimum absolute atomic E-state index is 0.591. The topological polar surface area (TPSA) is 44.0 Å². The second kappa shape index (κ2) is 6.21. The van der Waals surface area contributed by atoms with Gasteiger partial charge in [0.25, 0.3) is 0 Å². The molecule has 19 heavy (non-hydrogen) atoms. The fraction of sp³-hybridized carbons (Fsp3) is 0.588. The van der Waals surface area contributed by atoms with Crippen LogP contribution in [-0.2, 0) is 0 Å². The standard InChI is InChI=1S/C17H23NO/c1-14-9-5-6-10-15(14)16(19)17(13-18)11-7-3-2-4-8-12-17/h5-6,9-10,16,19H,2-4,7-8,11-12H2,1H3. The van der Waals surface area contributed by atoms with Crippen molar-refractivity contribution in [2.45, 2.75) is 58.0 Å². The Balaban J connectivity index is 2.29. The summed E-state index contributed by atoms with van der Waals surface area (Å²) in [6, 6.07) is 10.3. The van der Waals surface area contributed by atoms with E-state index >= 15 is 0 Å². The van der Waals surface area contributed by atoms with Crippen molar-refractivity contribution >= 4 is 0 Å². The highest BCUT2D eigenvalue weighted by Gasteiger charge is 2.39. The van der Waals surface area contributed by atoms with Crippen LogP contribution in [0.15, 0.2) is 24.3 Å². The average Bonchev–Trinajstić information content (AvgIpc) is 2.39. The van der Waals surface area contributed by atoms with Crippen molar-refractivity contribution in [3.8, 4) is 6.07 Å². The summed E-state index contributed by atoms with van der Waals surface area (Å²) in [5, 5.41) is 20.4. The van der Waals surface area contributed by atoms with Gasteiger partial charge in [-0.25, -0.2) is 0 Å². The van der Waals surface area contributed by atoms with Crippen LogP contribution in [0.4, 0.5) is 0 Å². The number of aryl methyl sites for hydroxylation is 1. The molecular weight excluding hydrogens is 234 g/mol. The van der Waals surface area contributed by atoms with Gasteiger partial charge in [0.2, 0.25) is 0 Å². The summed E-state index contributed by atoms with van der Waals surface area (Å²) in [7, 11) is 0. The third kappa shape index (κ3) is 2.98. The van der Waals surface area contributed by atoms with E-state index in [2.05, 4.69) is 6.07 Å². The first-order valence-corrected chi connectivity index (χ1v) is 7.34. The van der Waals surface area contributed by atoms with E-state index in [1.807, 2.05) is 31.2 Å². The minimum Gasteiger partial charge on any atom is -0.387 e. The molecule has 0 bridgehead atoms. The molecule has 2 nitrogen and oxygen atoms in total. The van der Waals surface area contributed by atoms with Crippen molar-refractivity contribution in [3.05, 3.63) is 35.4 Å². The summed E-state index contributed by atoms with van der Waals surface area (Å²) in [6.45, 7) is 2.01. The summed E-state index contributed by atoms with van der Waals surface area (Å²) in [4.78, 5) is 0. The Morgan fingerprint density at radius 2 is 1.68 bits per heavy atom. The lowest BCUT2D eigenvalue weighted by Crippen LogP contribution is -2.29. The molecule has 102 valence electrons. The molecule has 1 atom stereocenters. The number of hydrogen-bond acceptors (Lipinski definition) is 2. The van der Waals surface area contributed by atoms with E-state index in [0.717, 1.165) is 36.8 Å². The fourth-order valence-corrected chi connectivity index (χ4v) is 3.17. The molecule has 2 heteroatoms. The van der Waals surface area contributed by atoms with Crippen LogP contribution in [0.1, 0.15) is 62.2 Å². The maximum Gasteiger partial charge on any atom is 0.0978 e. The summed E-state index contributed by atoms with van der Waals surface area (Å²) in [6.07, 6.45) is 6.72. The molecule has 1 aromatic carbocycles. The maximum absolute atomic E-state index is 10.8. The Morgan fingerprint density at radius 3 is 2.26 bits per heavy atom. The molecule has 1 aliphatic rings. The van der Waals surface area contributed by atoms with Gasteiger partial charge in [0.05, 0.1) is 17.6 Å². The molecule has 1 unspecified atom stereocenters. The smallest absolute Gasteiger partial charge is 0.0978 e. The molecule has 0 radical (unpaired) electrons. The monoisotopic (exact) mass is 257 g/mol. The fourth-order valence-electron chi connectivity index (χ4n) is 3.17. The van der Waals surface area contributed by atoms with Gasteiger partial charge in [-0.1, -0.05) is 56.4 Å². The zero-order chi connectivity index (χ0) is 13.7. The Kier molecular flexibility index (Phi) is 4.61. The van der Waals surface area contributed by atoms with E-state index in [1.54, 1.807) is 0 Å². The summed E-state index contributed by atoms with van der Waals surface area (Å²) >= 11 is 0. The van der Waals surface area contributed by atoms with Gasteiger partial charge in [0, 0.05) is 0 Å². The third-order valence-corrected chi connectivity index (χ3v) is 4.47. The Morgan fingerprint density at radius 1 is 1.11 bits per heavy atom. The van der Waals surface area contributed by atoms with Crippen LogP contribution < -0.4 is 0 Å². The SMILES string of the molecule is Cc1ccccc1C(O)C1(C#N)CCCCCCC1. The van der Waals surface area contributed by atoms with E-state index in [1.165, 1.54) is 19.3 Å². The molecule has 0 spiro atoms. The number of nitrogens with zero attached hydrogens (tertiary/aromatic N) is 1. The first kappa shape index (κ1) is 14.1. The quantitative estimate of drug-likeness (QED) is 0.859. The highest BCUT2D eigenvalue weighted by molar-refractivity contribution is 5.30. The summed E-state index contributed by atoms with van der Waals surface area (Å²) in [5.74, 6) is 0. The lowest BCUT2D eigenvalue weighted by Gasteiger charge is -2.34. The number of rotatable bonds is 2. The van der Waals surface area contributed by atoms with E-state index < -0.39 is 11.5 Å². The normalized spacial score (nSPS) is 20.9. The van der Waals surface area contributed by atoms with Gasteiger partial charge in [-0.15, -0.1) is 0 Å². The third-order valence-electron chi connectivity index (χ3n) is 4.47. The van der Waals surface area contributed by atoms with E-state index in [-0.39, 0.29) is 0 Å². The number of hydrogen-bond donors (Lipinski definition) is 1. The minimum atomic E-state index is -0.656. The average molecular weight is 257 g/mol. The highest BCUT2D eigenvalue weighted by Crippen LogP contribution is 2.44. The van der Waals surface area contributed by atoms with Crippen LogP contribution in [0.25, 0.3) is 0 Å². The lowest BCUT2D eigenvalue weighted by atomic mass is 9.71.